The molecule has 1 heterocycles. The average molecular weight is 520 g/mol. The standard InChI is InChI=1S/C19H33N6O9P/c1-12(17(27)25-16(19(29)30)9-14-10-21-11-22-14)23-18(28)15(24-13(2)26)5-3-4-6-20-7-8-34-35(31,32)33/h10-12,15-16,20H,3-9H2,1-2H3,(H,21,22)(H,23,28)(H,24,26)(H,25,27)(H,29,30)(H2,31,32,33). The van der Waals surface area contributed by atoms with Gasteiger partial charge in [0.1, 0.15) is 18.1 Å². The second-order valence-corrected chi connectivity index (χ2v) is 8.96. The summed E-state index contributed by atoms with van der Waals surface area (Å²) >= 11 is 0. The number of carbonyl (C=O) groups is 4. The fraction of sp³-hybridized carbons (Fsp3) is 0.632. The van der Waals surface area contributed by atoms with Crippen molar-refractivity contribution in [1.29, 1.82) is 0 Å². The number of hydrogen-bond donors (Lipinski definition) is 8. The Morgan fingerprint density at radius 1 is 1.09 bits per heavy atom. The van der Waals surface area contributed by atoms with E-state index < -0.39 is 49.6 Å². The number of aromatic amines is 1. The summed E-state index contributed by atoms with van der Waals surface area (Å²) in [6.07, 6.45) is 4.25. The van der Waals surface area contributed by atoms with Gasteiger partial charge in [0.2, 0.25) is 17.7 Å². The lowest BCUT2D eigenvalue weighted by Gasteiger charge is -2.22. The summed E-state index contributed by atoms with van der Waals surface area (Å²) in [5.41, 5.74) is 0.448. The van der Waals surface area contributed by atoms with Crippen molar-refractivity contribution < 1.29 is 43.2 Å². The Kier molecular flexibility index (Phi) is 13.1. The lowest BCUT2D eigenvalue weighted by atomic mass is 10.1. The molecular weight excluding hydrogens is 487 g/mol. The van der Waals surface area contributed by atoms with Crippen LogP contribution in [-0.2, 0) is 34.7 Å². The lowest BCUT2D eigenvalue weighted by Crippen LogP contribution is -2.54. The monoisotopic (exact) mass is 520 g/mol. The predicted molar refractivity (Wildman–Crippen MR) is 122 cm³/mol. The maximum atomic E-state index is 12.6. The van der Waals surface area contributed by atoms with Crippen LogP contribution in [0.2, 0.25) is 0 Å². The van der Waals surface area contributed by atoms with E-state index in [9.17, 15) is 28.8 Å². The molecule has 0 spiro atoms. The number of aliphatic carboxylic acids is 1. The van der Waals surface area contributed by atoms with E-state index in [1.165, 1.54) is 26.4 Å². The minimum absolute atomic E-state index is 0.0424. The highest BCUT2D eigenvalue weighted by Crippen LogP contribution is 2.35. The number of carboxylic acid groups (broad SMARTS) is 1. The van der Waals surface area contributed by atoms with Crippen molar-refractivity contribution >= 4 is 31.5 Å². The first-order chi connectivity index (χ1) is 16.4. The summed E-state index contributed by atoms with van der Waals surface area (Å²) in [4.78, 5) is 71.9. The van der Waals surface area contributed by atoms with Crippen LogP contribution in [0.15, 0.2) is 12.5 Å². The van der Waals surface area contributed by atoms with Crippen LogP contribution in [0.4, 0.5) is 0 Å². The second kappa shape index (κ2) is 15.2. The molecule has 0 aliphatic carbocycles. The topological polar surface area (TPSA) is 232 Å². The van der Waals surface area contributed by atoms with Crippen LogP contribution >= 0.6 is 7.82 Å². The van der Waals surface area contributed by atoms with Gasteiger partial charge in [-0.25, -0.2) is 14.3 Å². The summed E-state index contributed by atoms with van der Waals surface area (Å²) in [6.45, 7) is 3.21. The van der Waals surface area contributed by atoms with Gasteiger partial charge in [0.05, 0.1) is 18.6 Å². The summed E-state index contributed by atoms with van der Waals surface area (Å²) < 4.78 is 14.9. The van der Waals surface area contributed by atoms with Gasteiger partial charge in [-0.2, -0.15) is 0 Å². The van der Waals surface area contributed by atoms with Gasteiger partial charge in [-0.15, -0.1) is 0 Å². The Hall–Kier alpha value is -2.84. The highest BCUT2D eigenvalue weighted by molar-refractivity contribution is 7.46. The molecule has 8 N–H and O–H groups in total. The quantitative estimate of drug-likeness (QED) is 0.0860. The number of aromatic nitrogens is 2. The lowest BCUT2D eigenvalue weighted by molar-refractivity contribution is -0.142. The molecule has 1 aromatic heterocycles. The van der Waals surface area contributed by atoms with Gasteiger partial charge < -0.3 is 41.1 Å². The molecular formula is C19H33N6O9P. The number of phosphoric acid groups is 1. The third kappa shape index (κ3) is 13.6. The molecule has 198 valence electrons. The van der Waals surface area contributed by atoms with Crippen molar-refractivity contribution in [3.63, 3.8) is 0 Å². The number of hydrogen-bond acceptors (Lipinski definition) is 8. The Bertz CT molecular complexity index is 876. The van der Waals surface area contributed by atoms with Gasteiger partial charge >= 0.3 is 13.8 Å². The van der Waals surface area contributed by atoms with Gasteiger partial charge in [0, 0.05) is 26.1 Å². The molecule has 0 aromatic carbocycles. The van der Waals surface area contributed by atoms with E-state index in [0.29, 0.717) is 25.1 Å². The van der Waals surface area contributed by atoms with Crippen LogP contribution in [0, 0.1) is 0 Å². The molecule has 3 atom stereocenters. The van der Waals surface area contributed by atoms with Gasteiger partial charge in [0.15, 0.2) is 0 Å². The number of phosphoric ester groups is 1. The van der Waals surface area contributed by atoms with Crippen LogP contribution in [-0.4, -0.2) is 86.4 Å². The molecule has 0 saturated carbocycles. The zero-order valence-corrected chi connectivity index (χ0v) is 20.4. The van der Waals surface area contributed by atoms with Crippen LogP contribution in [0.3, 0.4) is 0 Å². The van der Waals surface area contributed by atoms with Crippen LogP contribution in [0.5, 0.6) is 0 Å². The van der Waals surface area contributed by atoms with E-state index >= 15 is 0 Å². The van der Waals surface area contributed by atoms with Crippen LogP contribution in [0.1, 0.15) is 38.8 Å². The van der Waals surface area contributed by atoms with E-state index in [1.54, 1.807) is 0 Å². The van der Waals surface area contributed by atoms with Crippen molar-refractivity contribution in [3.8, 4) is 0 Å². The van der Waals surface area contributed by atoms with E-state index in [1.807, 2.05) is 0 Å². The Morgan fingerprint density at radius 2 is 1.80 bits per heavy atom. The van der Waals surface area contributed by atoms with Crippen LogP contribution < -0.4 is 21.3 Å². The normalized spacial score (nSPS) is 13.9. The SMILES string of the molecule is CC(=O)NC(CCCCNCCOP(=O)(O)O)C(=O)NC(C)C(=O)NC(Cc1c[nH]cn1)C(=O)O. The molecule has 0 fully saturated rings. The molecule has 0 radical (unpaired) electrons. The number of imidazole rings is 1. The smallest absolute Gasteiger partial charge is 0.469 e. The number of H-pyrrole nitrogens is 1. The molecule has 0 bridgehead atoms. The predicted octanol–water partition coefficient (Wildman–Crippen LogP) is -1.60. The molecule has 15 nitrogen and oxygen atoms in total. The molecule has 1 rings (SSSR count). The molecule has 3 unspecified atom stereocenters. The first kappa shape index (κ1) is 30.2. The highest BCUT2D eigenvalue weighted by atomic mass is 31.2. The highest BCUT2D eigenvalue weighted by Gasteiger charge is 2.27. The third-order valence-corrected chi connectivity index (χ3v) is 5.18. The fourth-order valence-corrected chi connectivity index (χ4v) is 3.29. The molecule has 0 saturated heterocycles. The number of carboxylic acids is 1. The van der Waals surface area contributed by atoms with Gasteiger partial charge in [-0.1, -0.05) is 0 Å². The maximum Gasteiger partial charge on any atom is 0.469 e. The van der Waals surface area contributed by atoms with Crippen molar-refractivity contribution in [2.45, 2.75) is 57.7 Å². The van der Waals surface area contributed by atoms with Gasteiger partial charge in [-0.05, 0) is 32.7 Å². The largest absolute Gasteiger partial charge is 0.480 e. The third-order valence-electron chi connectivity index (χ3n) is 4.66. The Labute approximate surface area is 202 Å². The number of nitrogens with zero attached hydrogens (tertiary/aromatic N) is 1. The van der Waals surface area contributed by atoms with E-state index in [0.717, 1.165) is 0 Å². The van der Waals surface area contributed by atoms with Crippen molar-refractivity contribution in [1.82, 2.24) is 31.2 Å². The minimum atomic E-state index is -4.50. The molecule has 0 aliphatic rings. The number of amides is 3. The molecule has 16 heteroatoms. The molecule has 35 heavy (non-hydrogen) atoms. The van der Waals surface area contributed by atoms with Gasteiger partial charge in [-0.3, -0.25) is 18.9 Å². The number of carbonyl (C=O) groups excluding carboxylic acids is 3. The van der Waals surface area contributed by atoms with Crippen LogP contribution in [0.25, 0.3) is 0 Å². The molecule has 1 aromatic rings. The van der Waals surface area contributed by atoms with Crippen molar-refractivity contribution in [2.24, 2.45) is 0 Å². The Balaban J connectivity index is 2.48. The van der Waals surface area contributed by atoms with Crippen molar-refractivity contribution in [2.75, 3.05) is 19.7 Å². The first-order valence-electron chi connectivity index (χ1n) is 10.9. The summed E-state index contributed by atoms with van der Waals surface area (Å²) in [7, 11) is -4.50. The van der Waals surface area contributed by atoms with E-state index in [4.69, 9.17) is 9.79 Å². The number of unbranched alkanes of at least 4 members (excludes halogenated alkanes) is 1. The van der Waals surface area contributed by atoms with E-state index in [2.05, 4.69) is 35.8 Å². The fourth-order valence-electron chi connectivity index (χ4n) is 2.96. The molecule has 0 aliphatic heterocycles. The number of nitrogens with one attached hydrogen (secondary N) is 5. The summed E-state index contributed by atoms with van der Waals surface area (Å²) in [6, 6.07) is -3.20. The summed E-state index contributed by atoms with van der Waals surface area (Å²) in [5, 5.41) is 19.7. The molecule has 3 amide bonds. The van der Waals surface area contributed by atoms with E-state index in [-0.39, 0.29) is 26.0 Å². The maximum absolute atomic E-state index is 12.6. The Morgan fingerprint density at radius 3 is 2.37 bits per heavy atom. The zero-order chi connectivity index (χ0) is 26.4. The summed E-state index contributed by atoms with van der Waals surface area (Å²) in [5.74, 6) is -2.98. The average Bonchev–Trinajstić information content (AvgIpc) is 3.26. The van der Waals surface area contributed by atoms with Gasteiger partial charge in [0.25, 0.3) is 0 Å². The van der Waals surface area contributed by atoms with Crippen molar-refractivity contribution in [3.05, 3.63) is 18.2 Å². The number of rotatable bonds is 17. The minimum Gasteiger partial charge on any atom is -0.480 e. The zero-order valence-electron chi connectivity index (χ0n) is 19.5. The first-order valence-corrected chi connectivity index (χ1v) is 12.4. The second-order valence-electron chi connectivity index (χ2n) is 7.72.